The van der Waals surface area contributed by atoms with Crippen molar-refractivity contribution in [2.45, 2.75) is 12.5 Å². The number of aromatic nitrogens is 2. The normalized spacial score (nSPS) is 11.9. The van der Waals surface area contributed by atoms with Gasteiger partial charge in [0, 0.05) is 32.2 Å². The molecule has 1 unspecified atom stereocenters. The zero-order chi connectivity index (χ0) is 14.4. The molecular formula is C15H19ClN4. The molecule has 0 spiro atoms. The van der Waals surface area contributed by atoms with Crippen molar-refractivity contribution in [1.82, 2.24) is 9.97 Å². The Hall–Kier alpha value is -1.81. The van der Waals surface area contributed by atoms with E-state index in [4.69, 9.17) is 11.6 Å². The van der Waals surface area contributed by atoms with E-state index >= 15 is 0 Å². The van der Waals surface area contributed by atoms with Gasteiger partial charge in [-0.2, -0.15) is 4.98 Å². The van der Waals surface area contributed by atoms with E-state index in [1.54, 1.807) is 6.20 Å². The van der Waals surface area contributed by atoms with Crippen LogP contribution in [-0.4, -0.2) is 36.0 Å². The van der Waals surface area contributed by atoms with E-state index < -0.39 is 0 Å². The maximum atomic E-state index is 6.05. The predicted molar refractivity (Wildman–Crippen MR) is 84.6 cm³/mol. The van der Waals surface area contributed by atoms with E-state index in [0.717, 1.165) is 12.2 Å². The number of alkyl halides is 1. The highest BCUT2D eigenvalue weighted by molar-refractivity contribution is 6.18. The summed E-state index contributed by atoms with van der Waals surface area (Å²) in [7, 11) is 3.84. The van der Waals surface area contributed by atoms with Gasteiger partial charge in [0.15, 0.2) is 0 Å². The maximum Gasteiger partial charge on any atom is 0.226 e. The molecule has 1 N–H and O–H groups in total. The molecule has 0 aliphatic carbocycles. The summed E-state index contributed by atoms with van der Waals surface area (Å²) in [6.07, 6.45) is 2.62. The molecule has 2 rings (SSSR count). The molecule has 4 nitrogen and oxygen atoms in total. The zero-order valence-corrected chi connectivity index (χ0v) is 12.5. The Morgan fingerprint density at radius 1 is 1.20 bits per heavy atom. The van der Waals surface area contributed by atoms with Gasteiger partial charge in [0.25, 0.3) is 0 Å². The first-order valence-electron chi connectivity index (χ1n) is 6.56. The third-order valence-electron chi connectivity index (χ3n) is 2.91. The van der Waals surface area contributed by atoms with Gasteiger partial charge >= 0.3 is 0 Å². The summed E-state index contributed by atoms with van der Waals surface area (Å²) in [6.45, 7) is 0. The van der Waals surface area contributed by atoms with Crippen LogP contribution >= 0.6 is 11.6 Å². The number of benzene rings is 1. The molecule has 0 fully saturated rings. The van der Waals surface area contributed by atoms with E-state index in [1.807, 2.05) is 43.3 Å². The van der Waals surface area contributed by atoms with Crippen LogP contribution in [0.4, 0.5) is 11.8 Å². The van der Waals surface area contributed by atoms with Crippen LogP contribution < -0.4 is 10.2 Å². The Bertz CT molecular complexity index is 530. The van der Waals surface area contributed by atoms with Crippen LogP contribution in [0.15, 0.2) is 42.6 Å². The summed E-state index contributed by atoms with van der Waals surface area (Å²) in [5.74, 6) is 2.00. The van der Waals surface area contributed by atoms with Crippen molar-refractivity contribution in [2.24, 2.45) is 0 Å². The number of nitrogens with one attached hydrogen (secondary N) is 1. The fourth-order valence-corrected chi connectivity index (χ4v) is 2.08. The fraction of sp³-hybridized carbons (Fsp3) is 0.333. The predicted octanol–water partition coefficient (Wildman–Crippen LogP) is 2.80. The van der Waals surface area contributed by atoms with Crippen LogP contribution in [-0.2, 0) is 6.42 Å². The maximum absolute atomic E-state index is 6.05. The van der Waals surface area contributed by atoms with Crippen LogP contribution in [0, 0.1) is 0 Å². The van der Waals surface area contributed by atoms with E-state index in [0.29, 0.717) is 11.8 Å². The third kappa shape index (κ3) is 4.10. The van der Waals surface area contributed by atoms with Gasteiger partial charge in [0.2, 0.25) is 5.95 Å². The lowest BCUT2D eigenvalue weighted by Gasteiger charge is -2.18. The summed E-state index contributed by atoms with van der Waals surface area (Å²) in [5.41, 5.74) is 1.26. The molecule has 0 saturated carbocycles. The molecule has 2 aromatic rings. The van der Waals surface area contributed by atoms with E-state index in [2.05, 4.69) is 27.4 Å². The summed E-state index contributed by atoms with van der Waals surface area (Å²) >= 11 is 6.05. The van der Waals surface area contributed by atoms with Crippen LogP contribution in [0.1, 0.15) is 5.56 Å². The quantitative estimate of drug-likeness (QED) is 0.831. The van der Waals surface area contributed by atoms with Gasteiger partial charge in [0.05, 0.1) is 0 Å². The molecule has 1 aromatic heterocycles. The average molecular weight is 291 g/mol. The average Bonchev–Trinajstić information content (AvgIpc) is 2.48. The molecule has 20 heavy (non-hydrogen) atoms. The Kier molecular flexibility index (Phi) is 5.18. The smallest absolute Gasteiger partial charge is 0.226 e. The molecule has 1 aromatic carbocycles. The first-order valence-corrected chi connectivity index (χ1v) is 7.09. The number of hydrogen-bond acceptors (Lipinski definition) is 4. The minimum Gasteiger partial charge on any atom is -0.366 e. The zero-order valence-electron chi connectivity index (χ0n) is 11.8. The molecule has 0 saturated heterocycles. The second kappa shape index (κ2) is 7.10. The number of nitrogens with zero attached hydrogens (tertiary/aromatic N) is 3. The SMILES string of the molecule is CN(C)c1nccc(NC(CCl)Cc2ccccc2)n1. The van der Waals surface area contributed by atoms with Crippen molar-refractivity contribution in [3.63, 3.8) is 0 Å². The van der Waals surface area contributed by atoms with Crippen molar-refractivity contribution in [3.8, 4) is 0 Å². The monoisotopic (exact) mass is 290 g/mol. The molecule has 0 radical (unpaired) electrons. The number of halogens is 1. The second-order valence-electron chi connectivity index (χ2n) is 4.82. The van der Waals surface area contributed by atoms with Gasteiger partial charge in [-0.25, -0.2) is 4.98 Å². The molecule has 1 atom stereocenters. The molecule has 0 aliphatic heterocycles. The summed E-state index contributed by atoms with van der Waals surface area (Å²) in [4.78, 5) is 10.5. The molecule has 1 heterocycles. The number of hydrogen-bond donors (Lipinski definition) is 1. The highest BCUT2D eigenvalue weighted by Crippen LogP contribution is 2.12. The Labute approximate surface area is 124 Å². The first-order chi connectivity index (χ1) is 9.69. The third-order valence-corrected chi connectivity index (χ3v) is 3.28. The molecule has 5 heteroatoms. The lowest BCUT2D eigenvalue weighted by atomic mass is 10.1. The Balaban J connectivity index is 2.04. The molecular weight excluding hydrogens is 272 g/mol. The summed E-state index contributed by atoms with van der Waals surface area (Å²) < 4.78 is 0. The van der Waals surface area contributed by atoms with Gasteiger partial charge in [-0.15, -0.1) is 11.6 Å². The van der Waals surface area contributed by atoms with Gasteiger partial charge in [-0.05, 0) is 18.1 Å². The number of anilines is 2. The molecule has 0 bridgehead atoms. The first kappa shape index (κ1) is 14.6. The van der Waals surface area contributed by atoms with Crippen molar-refractivity contribution in [1.29, 1.82) is 0 Å². The molecule has 0 amide bonds. The van der Waals surface area contributed by atoms with Crippen molar-refractivity contribution in [3.05, 3.63) is 48.2 Å². The van der Waals surface area contributed by atoms with Crippen molar-refractivity contribution < 1.29 is 0 Å². The molecule has 0 aliphatic rings. The van der Waals surface area contributed by atoms with E-state index in [1.165, 1.54) is 5.56 Å². The number of rotatable bonds is 6. The van der Waals surface area contributed by atoms with E-state index in [-0.39, 0.29) is 6.04 Å². The van der Waals surface area contributed by atoms with Gasteiger partial charge in [-0.1, -0.05) is 30.3 Å². The van der Waals surface area contributed by atoms with Gasteiger partial charge < -0.3 is 10.2 Å². The fourth-order valence-electron chi connectivity index (χ4n) is 1.90. The van der Waals surface area contributed by atoms with Gasteiger partial charge in [0.1, 0.15) is 5.82 Å². The summed E-state index contributed by atoms with van der Waals surface area (Å²) in [5, 5.41) is 3.36. The van der Waals surface area contributed by atoms with E-state index in [9.17, 15) is 0 Å². The lowest BCUT2D eigenvalue weighted by Crippen LogP contribution is -2.25. The second-order valence-corrected chi connectivity index (χ2v) is 5.13. The minimum absolute atomic E-state index is 0.143. The van der Waals surface area contributed by atoms with Gasteiger partial charge in [-0.3, -0.25) is 0 Å². The highest BCUT2D eigenvalue weighted by Gasteiger charge is 2.10. The van der Waals surface area contributed by atoms with Crippen molar-refractivity contribution >= 4 is 23.4 Å². The largest absolute Gasteiger partial charge is 0.366 e. The summed E-state index contributed by atoms with van der Waals surface area (Å²) in [6, 6.07) is 12.3. The molecule has 106 valence electrons. The van der Waals surface area contributed by atoms with Crippen LogP contribution in [0.3, 0.4) is 0 Å². The Morgan fingerprint density at radius 2 is 1.95 bits per heavy atom. The topological polar surface area (TPSA) is 41.1 Å². The van der Waals surface area contributed by atoms with Crippen LogP contribution in [0.2, 0.25) is 0 Å². The highest BCUT2D eigenvalue weighted by atomic mass is 35.5. The Morgan fingerprint density at radius 3 is 2.60 bits per heavy atom. The van der Waals surface area contributed by atoms with Crippen LogP contribution in [0.25, 0.3) is 0 Å². The standard InChI is InChI=1S/C15H19ClN4/c1-20(2)15-17-9-8-14(19-15)18-13(11-16)10-12-6-4-3-5-7-12/h3-9,13H,10-11H2,1-2H3,(H,17,18,19). The minimum atomic E-state index is 0.143. The van der Waals surface area contributed by atoms with Crippen LogP contribution in [0.5, 0.6) is 0 Å². The lowest BCUT2D eigenvalue weighted by molar-refractivity contribution is 0.789. The van der Waals surface area contributed by atoms with Crippen molar-refractivity contribution in [2.75, 3.05) is 30.2 Å².